The summed E-state index contributed by atoms with van der Waals surface area (Å²) in [5.41, 5.74) is 2.95. The summed E-state index contributed by atoms with van der Waals surface area (Å²) in [5, 5.41) is 16.0. The van der Waals surface area contributed by atoms with E-state index in [0.717, 1.165) is 51.3 Å². The highest BCUT2D eigenvalue weighted by Crippen LogP contribution is 2.33. The Kier molecular flexibility index (Phi) is 7.40. The molecule has 0 fully saturated rings. The monoisotopic (exact) mass is 317 g/mol. The van der Waals surface area contributed by atoms with Crippen LogP contribution in [0, 0.1) is 5.92 Å². The summed E-state index contributed by atoms with van der Waals surface area (Å²) in [5.74, 6) is 1.97. The fourth-order valence-corrected chi connectivity index (χ4v) is 3.24. The summed E-state index contributed by atoms with van der Waals surface area (Å²) in [6.07, 6.45) is 4.26. The fraction of sp³-hybridized carbons (Fsp3) is 0.632. The number of aliphatic imine (C=N–C) groups is 1. The number of rotatable bonds is 9. The third-order valence-corrected chi connectivity index (χ3v) is 4.56. The quantitative estimate of drug-likeness (QED) is 0.485. The summed E-state index contributed by atoms with van der Waals surface area (Å²) in [6, 6.07) is 8.68. The molecule has 3 N–H and O–H groups in total. The Morgan fingerprint density at radius 1 is 1.26 bits per heavy atom. The Labute approximate surface area is 140 Å². The molecule has 4 nitrogen and oxygen atoms in total. The first kappa shape index (κ1) is 17.8. The zero-order valence-electron chi connectivity index (χ0n) is 14.5. The van der Waals surface area contributed by atoms with Crippen molar-refractivity contribution in [1.29, 1.82) is 0 Å². The highest BCUT2D eigenvalue weighted by atomic mass is 16.3. The van der Waals surface area contributed by atoms with Gasteiger partial charge in [-0.1, -0.05) is 37.6 Å². The van der Waals surface area contributed by atoms with Crippen LogP contribution in [0.4, 0.5) is 0 Å². The van der Waals surface area contributed by atoms with Crippen molar-refractivity contribution in [1.82, 2.24) is 10.6 Å². The van der Waals surface area contributed by atoms with Crippen LogP contribution in [-0.2, 0) is 6.42 Å². The number of benzene rings is 1. The molecule has 2 unspecified atom stereocenters. The predicted molar refractivity (Wildman–Crippen MR) is 97.0 cm³/mol. The Balaban J connectivity index is 1.84. The van der Waals surface area contributed by atoms with Gasteiger partial charge in [-0.25, -0.2) is 0 Å². The van der Waals surface area contributed by atoms with Crippen molar-refractivity contribution in [2.45, 2.75) is 45.4 Å². The average molecular weight is 317 g/mol. The molecule has 1 aromatic rings. The SMILES string of the molecule is CCCC(CCO)CN=C(NCC)NCC1Cc2ccccc21. The van der Waals surface area contributed by atoms with E-state index in [4.69, 9.17) is 10.1 Å². The van der Waals surface area contributed by atoms with Gasteiger partial charge in [0.15, 0.2) is 5.96 Å². The minimum Gasteiger partial charge on any atom is -0.396 e. The van der Waals surface area contributed by atoms with Gasteiger partial charge in [0.1, 0.15) is 0 Å². The Bertz CT molecular complexity index is 495. The molecule has 2 rings (SSSR count). The minimum atomic E-state index is 0.253. The van der Waals surface area contributed by atoms with Crippen LogP contribution >= 0.6 is 0 Å². The number of nitrogens with zero attached hydrogens (tertiary/aromatic N) is 1. The van der Waals surface area contributed by atoms with Gasteiger partial charge in [-0.05, 0) is 43.2 Å². The third-order valence-electron chi connectivity index (χ3n) is 4.56. The molecule has 0 aromatic heterocycles. The lowest BCUT2D eigenvalue weighted by Gasteiger charge is -2.30. The van der Waals surface area contributed by atoms with Crippen molar-refractivity contribution in [3.8, 4) is 0 Å². The predicted octanol–water partition coefficient (Wildman–Crippen LogP) is 2.68. The van der Waals surface area contributed by atoms with Gasteiger partial charge in [0.2, 0.25) is 0 Å². The molecule has 2 atom stereocenters. The molecule has 0 saturated heterocycles. The molecule has 0 amide bonds. The molecule has 0 bridgehead atoms. The van der Waals surface area contributed by atoms with Crippen molar-refractivity contribution in [3.05, 3.63) is 35.4 Å². The van der Waals surface area contributed by atoms with Crippen LogP contribution in [0.3, 0.4) is 0 Å². The molecular formula is C19H31N3O. The molecule has 0 heterocycles. The topological polar surface area (TPSA) is 56.7 Å². The zero-order chi connectivity index (χ0) is 16.5. The van der Waals surface area contributed by atoms with Gasteiger partial charge in [0.25, 0.3) is 0 Å². The molecular weight excluding hydrogens is 286 g/mol. The number of hydrogen-bond acceptors (Lipinski definition) is 2. The van der Waals surface area contributed by atoms with Crippen LogP contribution in [0.25, 0.3) is 0 Å². The molecule has 1 aliphatic carbocycles. The number of aliphatic hydroxyl groups excluding tert-OH is 1. The van der Waals surface area contributed by atoms with Crippen LogP contribution in [0.15, 0.2) is 29.3 Å². The van der Waals surface area contributed by atoms with E-state index < -0.39 is 0 Å². The van der Waals surface area contributed by atoms with Crippen LogP contribution < -0.4 is 10.6 Å². The smallest absolute Gasteiger partial charge is 0.191 e. The first-order valence-electron chi connectivity index (χ1n) is 8.99. The second-order valence-electron chi connectivity index (χ2n) is 6.37. The number of guanidine groups is 1. The first-order chi connectivity index (χ1) is 11.3. The van der Waals surface area contributed by atoms with Crippen LogP contribution in [0.2, 0.25) is 0 Å². The summed E-state index contributed by atoms with van der Waals surface area (Å²) >= 11 is 0. The molecule has 1 aliphatic rings. The summed E-state index contributed by atoms with van der Waals surface area (Å²) < 4.78 is 0. The number of hydrogen-bond donors (Lipinski definition) is 3. The van der Waals surface area contributed by atoms with Crippen molar-refractivity contribution in [2.24, 2.45) is 10.9 Å². The molecule has 4 heteroatoms. The van der Waals surface area contributed by atoms with E-state index in [2.05, 4.69) is 48.7 Å². The van der Waals surface area contributed by atoms with Crippen LogP contribution in [0.5, 0.6) is 0 Å². The second kappa shape index (κ2) is 9.56. The van der Waals surface area contributed by atoms with Crippen molar-refractivity contribution in [2.75, 3.05) is 26.2 Å². The second-order valence-corrected chi connectivity index (χ2v) is 6.37. The van der Waals surface area contributed by atoms with E-state index in [9.17, 15) is 0 Å². The molecule has 1 aromatic carbocycles. The molecule has 0 spiro atoms. The van der Waals surface area contributed by atoms with Crippen molar-refractivity contribution < 1.29 is 5.11 Å². The normalized spacial score (nSPS) is 18.0. The lowest BCUT2D eigenvalue weighted by atomic mass is 9.78. The maximum absolute atomic E-state index is 9.16. The van der Waals surface area contributed by atoms with E-state index >= 15 is 0 Å². The number of aliphatic hydroxyl groups is 1. The van der Waals surface area contributed by atoms with E-state index in [1.54, 1.807) is 0 Å². The standard InChI is InChI=1S/C19H31N3O/c1-3-7-15(10-11-23)13-21-19(20-4-2)22-14-17-12-16-8-5-6-9-18(16)17/h5-6,8-9,15,17,23H,3-4,7,10-14H2,1-2H3,(H2,20,21,22). The van der Waals surface area contributed by atoms with Crippen LogP contribution in [0.1, 0.15) is 50.2 Å². The lowest BCUT2D eigenvalue weighted by Crippen LogP contribution is -2.41. The average Bonchev–Trinajstić information content (AvgIpc) is 2.53. The van der Waals surface area contributed by atoms with E-state index in [-0.39, 0.29) is 6.61 Å². The van der Waals surface area contributed by atoms with Gasteiger partial charge in [-0.3, -0.25) is 4.99 Å². The van der Waals surface area contributed by atoms with E-state index in [1.807, 2.05) is 0 Å². The van der Waals surface area contributed by atoms with Gasteiger partial charge >= 0.3 is 0 Å². The third kappa shape index (κ3) is 5.24. The molecule has 23 heavy (non-hydrogen) atoms. The summed E-state index contributed by atoms with van der Waals surface area (Å²) in [6.45, 7) is 7.11. The lowest BCUT2D eigenvalue weighted by molar-refractivity contribution is 0.253. The molecule has 0 aliphatic heterocycles. The van der Waals surface area contributed by atoms with E-state index in [1.165, 1.54) is 11.1 Å². The van der Waals surface area contributed by atoms with Gasteiger partial charge in [0, 0.05) is 32.2 Å². The first-order valence-corrected chi connectivity index (χ1v) is 8.99. The molecule has 128 valence electrons. The summed E-state index contributed by atoms with van der Waals surface area (Å²) in [7, 11) is 0. The van der Waals surface area contributed by atoms with Crippen molar-refractivity contribution in [3.63, 3.8) is 0 Å². The molecule has 0 saturated carbocycles. The fourth-order valence-electron chi connectivity index (χ4n) is 3.24. The molecule has 0 radical (unpaired) electrons. The maximum Gasteiger partial charge on any atom is 0.191 e. The maximum atomic E-state index is 9.16. The number of fused-ring (bicyclic) bond motifs is 1. The van der Waals surface area contributed by atoms with Crippen molar-refractivity contribution >= 4 is 5.96 Å². The van der Waals surface area contributed by atoms with Gasteiger partial charge in [0.05, 0.1) is 0 Å². The Morgan fingerprint density at radius 3 is 2.78 bits per heavy atom. The number of nitrogens with one attached hydrogen (secondary N) is 2. The highest BCUT2D eigenvalue weighted by molar-refractivity contribution is 5.79. The van der Waals surface area contributed by atoms with Crippen LogP contribution in [-0.4, -0.2) is 37.3 Å². The minimum absolute atomic E-state index is 0.253. The van der Waals surface area contributed by atoms with E-state index in [0.29, 0.717) is 11.8 Å². The largest absolute Gasteiger partial charge is 0.396 e. The zero-order valence-corrected chi connectivity index (χ0v) is 14.5. The Morgan fingerprint density at radius 2 is 2.09 bits per heavy atom. The summed E-state index contributed by atoms with van der Waals surface area (Å²) in [4.78, 5) is 4.72. The Hall–Kier alpha value is -1.55. The van der Waals surface area contributed by atoms with Gasteiger partial charge in [-0.15, -0.1) is 0 Å². The van der Waals surface area contributed by atoms with Gasteiger partial charge in [-0.2, -0.15) is 0 Å². The highest BCUT2D eigenvalue weighted by Gasteiger charge is 2.25. The van der Waals surface area contributed by atoms with Gasteiger partial charge < -0.3 is 15.7 Å².